The molecule has 0 heterocycles. The Morgan fingerprint density at radius 2 is 1.45 bits per heavy atom. The lowest BCUT2D eigenvalue weighted by molar-refractivity contribution is 0.619. The summed E-state index contributed by atoms with van der Waals surface area (Å²) in [6.07, 6.45) is 0. The minimum absolute atomic E-state index is 0.0676. The summed E-state index contributed by atoms with van der Waals surface area (Å²) in [7, 11) is 0. The molecule has 0 saturated heterocycles. The van der Waals surface area contributed by atoms with E-state index in [1.807, 2.05) is 19.1 Å². The molecule has 0 nitrogen and oxygen atoms in total. The molecular weight excluding hydrogens is 294 g/mol. The Kier molecular flexibility index (Phi) is 4.72. The van der Waals surface area contributed by atoms with Crippen LogP contribution in [0.3, 0.4) is 0 Å². The molecule has 0 spiro atoms. The first-order valence-electron chi connectivity index (χ1n) is 6.64. The van der Waals surface area contributed by atoms with Crippen LogP contribution in [0.1, 0.15) is 49.3 Å². The van der Waals surface area contributed by atoms with Gasteiger partial charge in [-0.15, -0.1) is 0 Å². The van der Waals surface area contributed by atoms with Gasteiger partial charge in [-0.25, -0.2) is 4.39 Å². The van der Waals surface area contributed by atoms with Crippen LogP contribution in [0.5, 0.6) is 0 Å². The van der Waals surface area contributed by atoms with E-state index in [2.05, 4.69) is 19.9 Å². The minimum atomic E-state index is -0.196. The third kappa shape index (κ3) is 3.34. The van der Waals surface area contributed by atoms with E-state index in [1.165, 1.54) is 0 Å². The fraction of sp³-hybridized carbons (Fsp3) is 0.294. The molecule has 0 aliphatic rings. The second kappa shape index (κ2) is 6.15. The van der Waals surface area contributed by atoms with Crippen molar-refractivity contribution < 1.29 is 4.39 Å². The van der Waals surface area contributed by atoms with E-state index in [4.69, 9.17) is 23.2 Å². The van der Waals surface area contributed by atoms with Crippen LogP contribution in [-0.4, -0.2) is 0 Å². The summed E-state index contributed by atoms with van der Waals surface area (Å²) >= 11 is 12.0. The largest absolute Gasteiger partial charge is 0.207 e. The van der Waals surface area contributed by atoms with Crippen molar-refractivity contribution in [2.75, 3.05) is 0 Å². The van der Waals surface area contributed by atoms with E-state index >= 15 is 0 Å². The van der Waals surface area contributed by atoms with Crippen molar-refractivity contribution in [3.63, 3.8) is 0 Å². The molecule has 20 heavy (non-hydrogen) atoms. The molecule has 0 aromatic heterocycles. The number of hydrogen-bond donors (Lipinski definition) is 0. The molecule has 2 rings (SSSR count). The Hall–Kier alpha value is -1.05. The molecule has 0 saturated carbocycles. The Labute approximate surface area is 129 Å². The lowest BCUT2D eigenvalue weighted by Gasteiger charge is -2.16. The molecule has 106 valence electrons. The van der Waals surface area contributed by atoms with Gasteiger partial charge < -0.3 is 0 Å². The van der Waals surface area contributed by atoms with Crippen molar-refractivity contribution in [2.45, 2.75) is 32.6 Å². The van der Waals surface area contributed by atoms with Crippen LogP contribution in [0, 0.1) is 5.82 Å². The summed E-state index contributed by atoms with van der Waals surface area (Å²) in [5.41, 5.74) is 2.98. The van der Waals surface area contributed by atoms with Gasteiger partial charge in [-0.3, -0.25) is 0 Å². The molecule has 0 radical (unpaired) electrons. The topological polar surface area (TPSA) is 0 Å². The summed E-state index contributed by atoms with van der Waals surface area (Å²) in [6.45, 7) is 6.16. The zero-order valence-electron chi connectivity index (χ0n) is 11.8. The molecule has 1 atom stereocenters. The van der Waals surface area contributed by atoms with Crippen LogP contribution in [0.25, 0.3) is 0 Å². The second-order valence-electron chi connectivity index (χ2n) is 5.37. The van der Waals surface area contributed by atoms with Gasteiger partial charge in [0.15, 0.2) is 0 Å². The van der Waals surface area contributed by atoms with Gasteiger partial charge in [0.1, 0.15) is 5.82 Å². The van der Waals surface area contributed by atoms with Crippen LogP contribution in [0.2, 0.25) is 10.0 Å². The molecule has 0 amide bonds. The van der Waals surface area contributed by atoms with E-state index < -0.39 is 0 Å². The van der Waals surface area contributed by atoms with E-state index in [9.17, 15) is 4.39 Å². The predicted molar refractivity (Wildman–Crippen MR) is 84.5 cm³/mol. The summed E-state index contributed by atoms with van der Waals surface area (Å²) in [5, 5.41) is 1.06. The van der Waals surface area contributed by atoms with Crippen molar-refractivity contribution in [3.05, 3.63) is 69.0 Å². The van der Waals surface area contributed by atoms with Gasteiger partial charge in [0.05, 0.1) is 10.0 Å². The highest BCUT2D eigenvalue weighted by molar-refractivity contribution is 6.42. The van der Waals surface area contributed by atoms with Gasteiger partial charge in [-0.1, -0.05) is 56.1 Å². The van der Waals surface area contributed by atoms with Gasteiger partial charge in [-0.05, 0) is 46.9 Å². The zero-order chi connectivity index (χ0) is 14.9. The van der Waals surface area contributed by atoms with Crippen LogP contribution in [-0.2, 0) is 0 Å². The normalized spacial score (nSPS) is 12.8. The van der Waals surface area contributed by atoms with Gasteiger partial charge in [0.25, 0.3) is 0 Å². The van der Waals surface area contributed by atoms with Crippen LogP contribution in [0.15, 0.2) is 36.4 Å². The molecule has 0 fully saturated rings. The Balaban J connectivity index is 2.42. The molecule has 0 aliphatic heterocycles. The Morgan fingerprint density at radius 3 is 2.05 bits per heavy atom. The fourth-order valence-corrected chi connectivity index (χ4v) is 2.50. The van der Waals surface area contributed by atoms with Crippen molar-refractivity contribution >= 4 is 23.2 Å². The number of hydrogen-bond acceptors (Lipinski definition) is 0. The molecule has 0 bridgehead atoms. The fourth-order valence-electron chi connectivity index (χ4n) is 2.19. The summed E-state index contributed by atoms with van der Waals surface area (Å²) in [6, 6.07) is 10.8. The maximum Gasteiger partial charge on any atom is 0.123 e. The van der Waals surface area contributed by atoms with Crippen molar-refractivity contribution in [3.8, 4) is 0 Å². The number of halogens is 3. The average molecular weight is 311 g/mol. The van der Waals surface area contributed by atoms with E-state index in [0.717, 1.165) is 16.7 Å². The highest BCUT2D eigenvalue weighted by Gasteiger charge is 2.13. The Morgan fingerprint density at radius 1 is 0.800 bits per heavy atom. The third-order valence-electron chi connectivity index (χ3n) is 3.55. The first-order chi connectivity index (χ1) is 9.38. The smallest absolute Gasteiger partial charge is 0.123 e. The maximum absolute atomic E-state index is 13.8. The summed E-state index contributed by atoms with van der Waals surface area (Å²) in [4.78, 5) is 0. The van der Waals surface area contributed by atoms with Crippen LogP contribution in [0.4, 0.5) is 4.39 Å². The van der Waals surface area contributed by atoms with E-state index in [0.29, 0.717) is 16.0 Å². The molecule has 0 aliphatic carbocycles. The first kappa shape index (κ1) is 15.3. The lowest BCUT2D eigenvalue weighted by Crippen LogP contribution is -2.00. The van der Waals surface area contributed by atoms with Crippen LogP contribution < -0.4 is 0 Å². The molecule has 2 aromatic rings. The lowest BCUT2D eigenvalue weighted by atomic mass is 9.90. The first-order valence-corrected chi connectivity index (χ1v) is 7.39. The SMILES string of the molecule is CC(C)c1cc(F)cc(C(C)c2ccc(Cl)c(Cl)c2)c1. The highest BCUT2D eigenvalue weighted by Crippen LogP contribution is 2.31. The van der Waals surface area contributed by atoms with Crippen molar-refractivity contribution in [1.82, 2.24) is 0 Å². The van der Waals surface area contributed by atoms with Crippen LogP contribution >= 0.6 is 23.2 Å². The monoisotopic (exact) mass is 310 g/mol. The Bertz CT molecular complexity index is 620. The van der Waals surface area contributed by atoms with E-state index in [-0.39, 0.29) is 11.7 Å². The predicted octanol–water partition coefficient (Wildman–Crippen LogP) is 6.41. The van der Waals surface area contributed by atoms with Gasteiger partial charge in [-0.2, -0.15) is 0 Å². The molecule has 0 N–H and O–H groups in total. The maximum atomic E-state index is 13.8. The van der Waals surface area contributed by atoms with Gasteiger partial charge >= 0.3 is 0 Å². The number of benzene rings is 2. The summed E-state index contributed by atoms with van der Waals surface area (Å²) in [5.74, 6) is 0.168. The van der Waals surface area contributed by atoms with Crippen molar-refractivity contribution in [2.24, 2.45) is 0 Å². The highest BCUT2D eigenvalue weighted by atomic mass is 35.5. The zero-order valence-corrected chi connectivity index (χ0v) is 13.3. The molecular formula is C17H17Cl2F. The molecule has 2 aromatic carbocycles. The molecule has 1 unspecified atom stereocenters. The van der Waals surface area contributed by atoms with Gasteiger partial charge in [0, 0.05) is 5.92 Å². The average Bonchev–Trinajstić information content (AvgIpc) is 2.40. The standard InChI is InChI=1S/C17H17Cl2F/c1-10(2)13-6-14(8-15(20)7-13)11(3)12-4-5-16(18)17(19)9-12/h4-11H,1-3H3. The summed E-state index contributed by atoms with van der Waals surface area (Å²) < 4.78 is 13.8. The number of rotatable bonds is 3. The third-order valence-corrected chi connectivity index (χ3v) is 4.29. The van der Waals surface area contributed by atoms with E-state index in [1.54, 1.807) is 18.2 Å². The second-order valence-corrected chi connectivity index (χ2v) is 6.18. The quantitative estimate of drug-likeness (QED) is 0.614. The molecule has 3 heteroatoms. The van der Waals surface area contributed by atoms with Gasteiger partial charge in [0.2, 0.25) is 0 Å². The minimum Gasteiger partial charge on any atom is -0.207 e. The van der Waals surface area contributed by atoms with Crippen molar-refractivity contribution in [1.29, 1.82) is 0 Å².